The highest BCUT2D eigenvalue weighted by molar-refractivity contribution is 5.27. The van der Waals surface area contributed by atoms with Crippen molar-refractivity contribution in [1.82, 2.24) is 4.90 Å². The van der Waals surface area contributed by atoms with E-state index in [9.17, 15) is 0 Å². The lowest BCUT2D eigenvalue weighted by Crippen LogP contribution is -2.79. The van der Waals surface area contributed by atoms with Crippen LogP contribution in [0.2, 0.25) is 0 Å². The molecule has 2 heteroatoms. The van der Waals surface area contributed by atoms with E-state index in [1.54, 1.807) is 0 Å². The number of hydrogen-bond acceptors (Lipinski definition) is 2. The molecule has 130 valence electrons. The second kappa shape index (κ2) is 5.96. The van der Waals surface area contributed by atoms with Gasteiger partial charge < -0.3 is 4.74 Å². The fraction of sp³-hybridized carbons (Fsp3) is 0.478. The fourth-order valence-electron chi connectivity index (χ4n) is 5.80. The summed E-state index contributed by atoms with van der Waals surface area (Å²) in [5.74, 6) is 1.59. The highest BCUT2D eigenvalue weighted by atomic mass is 16.5. The molecule has 0 saturated heterocycles. The zero-order chi connectivity index (χ0) is 16.9. The van der Waals surface area contributed by atoms with Crippen LogP contribution in [-0.2, 0) is 17.9 Å². The Balaban J connectivity index is 1.24. The van der Waals surface area contributed by atoms with Gasteiger partial charge in [0.15, 0.2) is 0 Å². The molecule has 0 aliphatic heterocycles. The van der Waals surface area contributed by atoms with Gasteiger partial charge in [-0.2, -0.15) is 0 Å². The van der Waals surface area contributed by atoms with Crippen molar-refractivity contribution < 1.29 is 4.74 Å². The molecule has 0 heterocycles. The number of hydrogen-bond donors (Lipinski definition) is 0. The van der Waals surface area contributed by atoms with E-state index in [4.69, 9.17) is 4.74 Å². The van der Waals surface area contributed by atoms with Gasteiger partial charge in [-0.1, -0.05) is 60.7 Å². The predicted octanol–water partition coefficient (Wildman–Crippen LogP) is 4.50. The standard InChI is InChI=1S/C23H27NO/c1-24(15-17-8-4-2-5-9-17)20-14-23-13-12-19(23)22(21(20)23)25-16-18-10-6-3-7-11-18/h2-11,19-22H,12-16H2,1H3. The zero-order valence-corrected chi connectivity index (χ0v) is 15.0. The molecule has 0 amide bonds. The monoisotopic (exact) mass is 333 g/mol. The highest BCUT2D eigenvalue weighted by Gasteiger charge is 2.75. The van der Waals surface area contributed by atoms with Crippen LogP contribution in [0.3, 0.4) is 0 Å². The van der Waals surface area contributed by atoms with E-state index in [-0.39, 0.29) is 0 Å². The molecule has 0 radical (unpaired) electrons. The maximum absolute atomic E-state index is 6.43. The van der Waals surface area contributed by atoms with Crippen molar-refractivity contribution in [2.45, 2.75) is 44.6 Å². The van der Waals surface area contributed by atoms with Crippen molar-refractivity contribution in [3.8, 4) is 0 Å². The van der Waals surface area contributed by atoms with Crippen molar-refractivity contribution >= 4 is 0 Å². The SMILES string of the molecule is CN(Cc1ccccc1)C1CC23CCC2C(OCc2ccccc2)C13. The van der Waals surface area contributed by atoms with Gasteiger partial charge in [-0.05, 0) is 48.8 Å². The average Bonchev–Trinajstić information content (AvgIpc) is 2.60. The molecule has 5 rings (SSSR count). The molecule has 3 fully saturated rings. The Morgan fingerprint density at radius 1 is 1.00 bits per heavy atom. The zero-order valence-electron chi connectivity index (χ0n) is 15.0. The first-order valence-electron chi connectivity index (χ1n) is 9.68. The molecule has 5 unspecified atom stereocenters. The molecule has 1 spiro atoms. The maximum Gasteiger partial charge on any atom is 0.0720 e. The summed E-state index contributed by atoms with van der Waals surface area (Å²) in [6.07, 6.45) is 4.68. The Bertz CT molecular complexity index is 728. The highest BCUT2D eigenvalue weighted by Crippen LogP contribution is 2.76. The van der Waals surface area contributed by atoms with Crippen LogP contribution >= 0.6 is 0 Å². The van der Waals surface area contributed by atoms with Crippen LogP contribution in [0, 0.1) is 17.3 Å². The van der Waals surface area contributed by atoms with Crippen LogP contribution in [0.5, 0.6) is 0 Å². The van der Waals surface area contributed by atoms with Crippen molar-refractivity contribution in [3.63, 3.8) is 0 Å². The number of benzene rings is 2. The maximum atomic E-state index is 6.43. The van der Waals surface area contributed by atoms with Crippen molar-refractivity contribution in [2.75, 3.05) is 7.05 Å². The second-order valence-electron chi connectivity index (χ2n) is 8.34. The van der Waals surface area contributed by atoms with Gasteiger partial charge >= 0.3 is 0 Å². The average molecular weight is 333 g/mol. The van der Waals surface area contributed by atoms with Gasteiger partial charge in [0.05, 0.1) is 12.7 Å². The summed E-state index contributed by atoms with van der Waals surface area (Å²) in [4.78, 5) is 2.57. The van der Waals surface area contributed by atoms with Gasteiger partial charge in [-0.15, -0.1) is 0 Å². The number of nitrogens with zero attached hydrogens (tertiary/aromatic N) is 1. The molecule has 3 aliphatic rings. The Labute approximate surface area is 150 Å². The minimum absolute atomic E-state index is 0.478. The van der Waals surface area contributed by atoms with Crippen molar-refractivity contribution in [1.29, 1.82) is 0 Å². The fourth-order valence-corrected chi connectivity index (χ4v) is 5.80. The summed E-state index contributed by atoms with van der Waals surface area (Å²) in [6.45, 7) is 1.82. The van der Waals surface area contributed by atoms with Gasteiger partial charge in [0.25, 0.3) is 0 Å². The molecule has 2 aromatic rings. The van der Waals surface area contributed by atoms with Crippen LogP contribution in [0.25, 0.3) is 0 Å². The van der Waals surface area contributed by atoms with E-state index >= 15 is 0 Å². The third-order valence-corrected chi connectivity index (χ3v) is 7.20. The van der Waals surface area contributed by atoms with Crippen LogP contribution in [0.4, 0.5) is 0 Å². The first-order chi connectivity index (χ1) is 12.3. The summed E-state index contributed by atoms with van der Waals surface area (Å²) in [6, 6.07) is 22.2. The van der Waals surface area contributed by atoms with Gasteiger partial charge in [0.2, 0.25) is 0 Å². The quantitative estimate of drug-likeness (QED) is 0.771. The molecule has 0 bridgehead atoms. The largest absolute Gasteiger partial charge is 0.373 e. The van der Waals surface area contributed by atoms with Gasteiger partial charge in [-0.3, -0.25) is 4.90 Å². The van der Waals surface area contributed by atoms with E-state index in [1.165, 1.54) is 30.4 Å². The first-order valence-corrected chi connectivity index (χ1v) is 9.68. The van der Waals surface area contributed by atoms with Crippen LogP contribution in [-0.4, -0.2) is 24.1 Å². The molecule has 3 saturated carbocycles. The van der Waals surface area contributed by atoms with Gasteiger partial charge in [0.1, 0.15) is 0 Å². The summed E-state index contributed by atoms with van der Waals surface area (Å²) in [5.41, 5.74) is 3.36. The van der Waals surface area contributed by atoms with E-state index in [0.717, 1.165) is 25.0 Å². The summed E-state index contributed by atoms with van der Waals surface area (Å²) >= 11 is 0. The van der Waals surface area contributed by atoms with Gasteiger partial charge in [-0.25, -0.2) is 0 Å². The number of rotatable bonds is 6. The summed E-state index contributed by atoms with van der Waals surface area (Å²) < 4.78 is 6.43. The lowest BCUT2D eigenvalue weighted by atomic mass is 9.30. The Morgan fingerprint density at radius 3 is 2.32 bits per heavy atom. The van der Waals surface area contributed by atoms with E-state index in [1.807, 2.05) is 0 Å². The molecule has 3 aliphatic carbocycles. The third kappa shape index (κ3) is 2.38. The Morgan fingerprint density at radius 2 is 1.68 bits per heavy atom. The first kappa shape index (κ1) is 15.6. The molecule has 0 N–H and O–H groups in total. The lowest BCUT2D eigenvalue weighted by Gasteiger charge is -2.78. The molecule has 25 heavy (non-hydrogen) atoms. The topological polar surface area (TPSA) is 12.5 Å². The minimum Gasteiger partial charge on any atom is -0.373 e. The van der Waals surface area contributed by atoms with Crippen molar-refractivity contribution in [3.05, 3.63) is 71.8 Å². The smallest absolute Gasteiger partial charge is 0.0720 e. The summed E-state index contributed by atoms with van der Waals surface area (Å²) in [5, 5.41) is 0. The van der Waals surface area contributed by atoms with Crippen LogP contribution in [0.1, 0.15) is 30.4 Å². The summed E-state index contributed by atoms with van der Waals surface area (Å²) in [7, 11) is 2.30. The third-order valence-electron chi connectivity index (χ3n) is 7.20. The molecule has 0 aromatic heterocycles. The molecular formula is C23H27NO. The van der Waals surface area contributed by atoms with Crippen LogP contribution < -0.4 is 0 Å². The molecule has 2 aromatic carbocycles. The Hall–Kier alpha value is -1.64. The van der Waals surface area contributed by atoms with Crippen molar-refractivity contribution in [2.24, 2.45) is 17.3 Å². The number of ether oxygens (including phenoxy) is 1. The van der Waals surface area contributed by atoms with Gasteiger partial charge in [0, 0.05) is 18.5 Å². The second-order valence-corrected chi connectivity index (χ2v) is 8.34. The molecule has 5 atom stereocenters. The van der Waals surface area contributed by atoms with Crippen LogP contribution in [0.15, 0.2) is 60.7 Å². The van der Waals surface area contributed by atoms with E-state index in [0.29, 0.717) is 17.6 Å². The predicted molar refractivity (Wildman–Crippen MR) is 100.0 cm³/mol. The minimum atomic E-state index is 0.478. The lowest BCUT2D eigenvalue weighted by molar-refractivity contribution is -0.336. The molecule has 2 nitrogen and oxygen atoms in total. The Kier molecular flexibility index (Phi) is 3.72. The molecular weight excluding hydrogens is 306 g/mol. The van der Waals surface area contributed by atoms with E-state index in [2.05, 4.69) is 72.6 Å². The van der Waals surface area contributed by atoms with E-state index < -0.39 is 0 Å². The normalized spacial score (nSPS) is 35.1.